The molecule has 0 radical (unpaired) electrons. The maximum Gasteiger partial charge on any atom is 0.239 e. The van der Waals surface area contributed by atoms with Gasteiger partial charge in [-0.05, 0) is 51.5 Å². The molecule has 1 saturated heterocycles. The van der Waals surface area contributed by atoms with Crippen LogP contribution in [0.3, 0.4) is 0 Å². The van der Waals surface area contributed by atoms with E-state index in [4.69, 9.17) is 0 Å². The lowest BCUT2D eigenvalue weighted by Gasteiger charge is -2.41. The Morgan fingerprint density at radius 3 is 2.53 bits per heavy atom. The number of nitrogens with zero attached hydrogens (tertiary/aromatic N) is 1. The number of carbonyl (C=O) groups is 1. The number of nitrogens with one attached hydrogen (secondary N) is 1. The first-order chi connectivity index (χ1) is 8.26. The third-order valence-electron chi connectivity index (χ3n) is 4.66. The van der Waals surface area contributed by atoms with Crippen molar-refractivity contribution >= 4 is 5.91 Å². The molecule has 0 spiro atoms. The Kier molecular flexibility index (Phi) is 4.43. The van der Waals surface area contributed by atoms with Gasteiger partial charge in [-0.15, -0.1) is 0 Å². The lowest BCUT2D eigenvalue weighted by molar-refractivity contribution is -0.139. The van der Waals surface area contributed by atoms with Crippen LogP contribution in [0.4, 0.5) is 0 Å². The summed E-state index contributed by atoms with van der Waals surface area (Å²) in [7, 11) is 1.90. The fourth-order valence-electron chi connectivity index (χ4n) is 3.39. The fraction of sp³-hybridized carbons (Fsp3) is 0.929. The van der Waals surface area contributed by atoms with Crippen molar-refractivity contribution in [2.75, 3.05) is 13.6 Å². The van der Waals surface area contributed by atoms with Crippen molar-refractivity contribution in [3.8, 4) is 0 Å². The lowest BCUT2D eigenvalue weighted by Crippen LogP contribution is -2.54. The zero-order chi connectivity index (χ0) is 12.3. The Morgan fingerprint density at radius 2 is 1.94 bits per heavy atom. The number of rotatable bonds is 3. The first-order valence-corrected chi connectivity index (χ1v) is 7.24. The second-order valence-electron chi connectivity index (χ2n) is 5.60. The largest absolute Gasteiger partial charge is 0.338 e. The summed E-state index contributed by atoms with van der Waals surface area (Å²) in [6.45, 7) is 3.27. The Balaban J connectivity index is 1.91. The molecule has 1 aliphatic heterocycles. The number of likely N-dealkylation sites (N-methyl/N-ethyl adjacent to an activating group) is 1. The molecule has 1 N–H and O–H groups in total. The van der Waals surface area contributed by atoms with Crippen molar-refractivity contribution in [1.29, 1.82) is 0 Å². The first kappa shape index (κ1) is 12.9. The van der Waals surface area contributed by atoms with Gasteiger partial charge in [0.1, 0.15) is 0 Å². The SMILES string of the molecule is CCC1CCC(N2CCCC(NC)C2=O)CC1. The Hall–Kier alpha value is -0.570. The summed E-state index contributed by atoms with van der Waals surface area (Å²) in [5, 5.41) is 3.15. The summed E-state index contributed by atoms with van der Waals surface area (Å²) in [6, 6.07) is 0.606. The standard InChI is InChI=1S/C14H26N2O/c1-3-11-6-8-12(9-7-11)16-10-4-5-13(15-2)14(16)17/h11-13,15H,3-10H2,1-2H3. The smallest absolute Gasteiger partial charge is 0.239 e. The summed E-state index contributed by atoms with van der Waals surface area (Å²) < 4.78 is 0. The first-order valence-electron chi connectivity index (χ1n) is 7.24. The second kappa shape index (κ2) is 5.85. The van der Waals surface area contributed by atoms with Crippen molar-refractivity contribution in [2.24, 2.45) is 5.92 Å². The lowest BCUT2D eigenvalue weighted by atomic mass is 9.83. The average molecular weight is 238 g/mol. The van der Waals surface area contributed by atoms with Crippen molar-refractivity contribution in [3.05, 3.63) is 0 Å². The molecule has 0 aromatic rings. The molecule has 1 unspecified atom stereocenters. The van der Waals surface area contributed by atoms with E-state index in [1.54, 1.807) is 0 Å². The van der Waals surface area contributed by atoms with E-state index in [1.165, 1.54) is 32.1 Å². The molecule has 98 valence electrons. The minimum Gasteiger partial charge on any atom is -0.338 e. The van der Waals surface area contributed by atoms with Gasteiger partial charge in [0.05, 0.1) is 6.04 Å². The molecular formula is C14H26N2O. The number of hydrogen-bond donors (Lipinski definition) is 1. The van der Waals surface area contributed by atoms with E-state index in [0.717, 1.165) is 25.3 Å². The molecule has 17 heavy (non-hydrogen) atoms. The van der Waals surface area contributed by atoms with Crippen molar-refractivity contribution < 1.29 is 4.79 Å². The van der Waals surface area contributed by atoms with E-state index in [2.05, 4.69) is 17.1 Å². The Morgan fingerprint density at radius 1 is 1.24 bits per heavy atom. The van der Waals surface area contributed by atoms with E-state index in [-0.39, 0.29) is 6.04 Å². The van der Waals surface area contributed by atoms with Crippen LogP contribution >= 0.6 is 0 Å². The molecule has 3 heteroatoms. The monoisotopic (exact) mass is 238 g/mol. The number of hydrogen-bond acceptors (Lipinski definition) is 2. The molecule has 3 nitrogen and oxygen atoms in total. The number of amides is 1. The van der Waals surface area contributed by atoms with Gasteiger partial charge in [-0.3, -0.25) is 4.79 Å². The van der Waals surface area contributed by atoms with Gasteiger partial charge in [0, 0.05) is 12.6 Å². The molecule has 0 aromatic heterocycles. The molecule has 2 rings (SSSR count). The summed E-state index contributed by atoms with van der Waals surface area (Å²) in [4.78, 5) is 14.4. The van der Waals surface area contributed by atoms with E-state index < -0.39 is 0 Å². The van der Waals surface area contributed by atoms with Crippen LogP contribution in [0.25, 0.3) is 0 Å². The Bertz CT molecular complexity index is 259. The van der Waals surface area contributed by atoms with Gasteiger partial charge in [0.15, 0.2) is 0 Å². The molecule has 0 bridgehead atoms. The molecule has 1 amide bonds. The molecule has 0 aromatic carbocycles. The molecule has 2 fully saturated rings. The van der Waals surface area contributed by atoms with Crippen LogP contribution in [-0.2, 0) is 4.79 Å². The molecule has 2 aliphatic rings. The maximum absolute atomic E-state index is 12.3. The van der Waals surface area contributed by atoms with Gasteiger partial charge < -0.3 is 10.2 Å². The van der Waals surface area contributed by atoms with Gasteiger partial charge in [-0.1, -0.05) is 13.3 Å². The molecular weight excluding hydrogens is 212 g/mol. The highest BCUT2D eigenvalue weighted by Gasteiger charge is 2.33. The van der Waals surface area contributed by atoms with Gasteiger partial charge in [-0.2, -0.15) is 0 Å². The predicted octanol–water partition coefficient (Wildman–Crippen LogP) is 2.17. The van der Waals surface area contributed by atoms with Gasteiger partial charge >= 0.3 is 0 Å². The van der Waals surface area contributed by atoms with Crippen LogP contribution in [0.2, 0.25) is 0 Å². The van der Waals surface area contributed by atoms with Crippen molar-refractivity contribution in [1.82, 2.24) is 10.2 Å². The predicted molar refractivity (Wildman–Crippen MR) is 69.8 cm³/mol. The quantitative estimate of drug-likeness (QED) is 0.817. The fourth-order valence-corrected chi connectivity index (χ4v) is 3.39. The summed E-state index contributed by atoms with van der Waals surface area (Å²) >= 11 is 0. The molecule has 1 heterocycles. The van der Waals surface area contributed by atoms with Crippen LogP contribution < -0.4 is 5.32 Å². The normalized spacial score (nSPS) is 35.1. The van der Waals surface area contributed by atoms with Gasteiger partial charge in [0.25, 0.3) is 0 Å². The minimum atomic E-state index is 0.0765. The molecule has 1 saturated carbocycles. The number of carbonyl (C=O) groups excluding carboxylic acids is 1. The summed E-state index contributed by atoms with van der Waals surface area (Å²) in [5.41, 5.74) is 0. The third kappa shape index (κ3) is 2.82. The van der Waals surface area contributed by atoms with E-state index >= 15 is 0 Å². The van der Waals surface area contributed by atoms with E-state index in [0.29, 0.717) is 11.9 Å². The Labute approximate surface area is 105 Å². The highest BCUT2D eigenvalue weighted by molar-refractivity contribution is 5.82. The number of piperidine rings is 1. The van der Waals surface area contributed by atoms with Crippen LogP contribution in [-0.4, -0.2) is 36.5 Å². The van der Waals surface area contributed by atoms with Crippen LogP contribution in [0.1, 0.15) is 51.9 Å². The summed E-state index contributed by atoms with van der Waals surface area (Å²) in [5.74, 6) is 1.25. The maximum atomic E-state index is 12.3. The van der Waals surface area contributed by atoms with Crippen molar-refractivity contribution in [3.63, 3.8) is 0 Å². The van der Waals surface area contributed by atoms with Crippen LogP contribution in [0.5, 0.6) is 0 Å². The minimum absolute atomic E-state index is 0.0765. The third-order valence-corrected chi connectivity index (χ3v) is 4.66. The zero-order valence-corrected chi connectivity index (χ0v) is 11.2. The molecule has 1 atom stereocenters. The second-order valence-corrected chi connectivity index (χ2v) is 5.60. The number of likely N-dealkylation sites (tertiary alicyclic amines) is 1. The van der Waals surface area contributed by atoms with Gasteiger partial charge in [-0.25, -0.2) is 0 Å². The van der Waals surface area contributed by atoms with E-state index in [1.807, 2.05) is 7.05 Å². The van der Waals surface area contributed by atoms with Crippen molar-refractivity contribution in [2.45, 2.75) is 64.0 Å². The molecule has 1 aliphatic carbocycles. The summed E-state index contributed by atoms with van der Waals surface area (Å²) in [6.07, 6.45) is 8.55. The highest BCUT2D eigenvalue weighted by atomic mass is 16.2. The van der Waals surface area contributed by atoms with Gasteiger partial charge in [0.2, 0.25) is 5.91 Å². The topological polar surface area (TPSA) is 32.3 Å². The van der Waals surface area contributed by atoms with E-state index in [9.17, 15) is 4.79 Å². The zero-order valence-electron chi connectivity index (χ0n) is 11.2. The highest BCUT2D eigenvalue weighted by Crippen LogP contribution is 2.31. The van der Waals surface area contributed by atoms with Crippen LogP contribution in [0, 0.1) is 5.92 Å². The van der Waals surface area contributed by atoms with Crippen LogP contribution in [0.15, 0.2) is 0 Å². The average Bonchev–Trinajstić information content (AvgIpc) is 2.39.